The van der Waals surface area contributed by atoms with Crippen LogP contribution < -0.4 is 15.4 Å². The Hall–Kier alpha value is -3.25. The number of rotatable bonds is 8. The number of nitrogens with zero attached hydrogens (tertiary/aromatic N) is 3. The van der Waals surface area contributed by atoms with Gasteiger partial charge in [0.15, 0.2) is 4.34 Å². The fourth-order valence-corrected chi connectivity index (χ4v) is 3.74. The molecule has 0 aliphatic heterocycles. The predicted octanol–water partition coefficient (Wildman–Crippen LogP) is 4.07. The van der Waals surface area contributed by atoms with Gasteiger partial charge in [-0.1, -0.05) is 23.1 Å². The normalized spacial score (nSPS) is 10.4. The summed E-state index contributed by atoms with van der Waals surface area (Å²) < 4.78 is 19.0. The van der Waals surface area contributed by atoms with E-state index in [0.717, 1.165) is 35.3 Å². The second-order valence-corrected chi connectivity index (χ2v) is 7.69. The molecule has 0 aliphatic carbocycles. The SMILES string of the molecule is COc1ccc(Nc2nnc(SCC(=O)Nc3ccc(F)c([N+](=O)[O-])c3)s2)cc1. The topological polar surface area (TPSA) is 119 Å². The lowest BCUT2D eigenvalue weighted by atomic mass is 10.2. The number of nitro groups is 1. The standard InChI is InChI=1S/C17H14FN5O4S2/c1-27-12-5-2-10(3-6-12)20-16-21-22-17(29-16)28-9-15(24)19-11-4-7-13(18)14(8-11)23(25)26/h2-8H,9H2,1H3,(H,19,24)(H,20,21). The zero-order valence-corrected chi connectivity index (χ0v) is 16.6. The summed E-state index contributed by atoms with van der Waals surface area (Å²) in [6.07, 6.45) is 0. The largest absolute Gasteiger partial charge is 0.497 e. The molecule has 1 heterocycles. The van der Waals surface area contributed by atoms with E-state index in [2.05, 4.69) is 20.8 Å². The maximum absolute atomic E-state index is 13.3. The van der Waals surface area contributed by atoms with E-state index in [1.165, 1.54) is 17.4 Å². The molecule has 0 saturated heterocycles. The predicted molar refractivity (Wildman–Crippen MR) is 109 cm³/mol. The van der Waals surface area contributed by atoms with Crippen molar-refractivity contribution in [1.82, 2.24) is 10.2 Å². The fraction of sp³-hybridized carbons (Fsp3) is 0.118. The number of benzene rings is 2. The molecule has 0 atom stereocenters. The second-order valence-electron chi connectivity index (χ2n) is 5.49. The van der Waals surface area contributed by atoms with E-state index in [-0.39, 0.29) is 11.4 Å². The van der Waals surface area contributed by atoms with Crippen molar-refractivity contribution in [2.24, 2.45) is 0 Å². The van der Waals surface area contributed by atoms with Gasteiger partial charge in [0.2, 0.25) is 16.9 Å². The third-order valence-corrected chi connectivity index (χ3v) is 5.47. The zero-order chi connectivity index (χ0) is 20.8. The molecular weight excluding hydrogens is 421 g/mol. The number of aromatic nitrogens is 2. The smallest absolute Gasteiger partial charge is 0.306 e. The Morgan fingerprint density at radius 3 is 2.66 bits per heavy atom. The van der Waals surface area contributed by atoms with Crippen LogP contribution in [0.1, 0.15) is 0 Å². The molecule has 0 bridgehead atoms. The van der Waals surface area contributed by atoms with Gasteiger partial charge in [-0.3, -0.25) is 14.9 Å². The van der Waals surface area contributed by atoms with Crippen LogP contribution in [0, 0.1) is 15.9 Å². The summed E-state index contributed by atoms with van der Waals surface area (Å²) in [5.41, 5.74) is 0.255. The first-order valence-corrected chi connectivity index (χ1v) is 9.86. The number of thioether (sulfide) groups is 1. The summed E-state index contributed by atoms with van der Waals surface area (Å²) in [6.45, 7) is 0. The number of ether oxygens (including phenoxy) is 1. The molecule has 0 aliphatic rings. The van der Waals surface area contributed by atoms with Crippen molar-refractivity contribution < 1.29 is 18.8 Å². The van der Waals surface area contributed by atoms with Gasteiger partial charge < -0.3 is 15.4 Å². The highest BCUT2D eigenvalue weighted by Crippen LogP contribution is 2.28. The lowest BCUT2D eigenvalue weighted by molar-refractivity contribution is -0.387. The van der Waals surface area contributed by atoms with Gasteiger partial charge in [0.1, 0.15) is 5.75 Å². The minimum Gasteiger partial charge on any atom is -0.497 e. The number of hydrogen-bond donors (Lipinski definition) is 2. The minimum absolute atomic E-state index is 0.0162. The van der Waals surface area contributed by atoms with E-state index in [0.29, 0.717) is 9.47 Å². The second kappa shape index (κ2) is 9.30. The molecule has 2 aromatic carbocycles. The molecule has 0 radical (unpaired) electrons. The molecular formula is C17H14FN5O4S2. The highest BCUT2D eigenvalue weighted by molar-refractivity contribution is 8.01. The van der Waals surface area contributed by atoms with E-state index >= 15 is 0 Å². The van der Waals surface area contributed by atoms with Gasteiger partial charge in [-0.15, -0.1) is 10.2 Å². The van der Waals surface area contributed by atoms with Gasteiger partial charge in [0.05, 0.1) is 17.8 Å². The Morgan fingerprint density at radius 2 is 1.97 bits per heavy atom. The monoisotopic (exact) mass is 435 g/mol. The summed E-state index contributed by atoms with van der Waals surface area (Å²) in [7, 11) is 1.59. The van der Waals surface area contributed by atoms with Crippen LogP contribution in [0.25, 0.3) is 0 Å². The third kappa shape index (κ3) is 5.62. The molecule has 1 aromatic heterocycles. The Morgan fingerprint density at radius 1 is 1.24 bits per heavy atom. The molecule has 0 unspecified atom stereocenters. The van der Waals surface area contributed by atoms with Crippen LogP contribution in [0.3, 0.4) is 0 Å². The van der Waals surface area contributed by atoms with Crippen molar-refractivity contribution in [1.29, 1.82) is 0 Å². The van der Waals surface area contributed by atoms with Crippen LogP contribution in [-0.2, 0) is 4.79 Å². The molecule has 0 fully saturated rings. The Labute approximate surface area is 172 Å². The summed E-state index contributed by atoms with van der Waals surface area (Å²) >= 11 is 2.44. The highest BCUT2D eigenvalue weighted by Gasteiger charge is 2.16. The third-order valence-electron chi connectivity index (χ3n) is 3.50. The van der Waals surface area contributed by atoms with Crippen LogP contribution in [0.15, 0.2) is 46.8 Å². The van der Waals surface area contributed by atoms with E-state index in [9.17, 15) is 19.3 Å². The Kier molecular flexibility index (Phi) is 6.57. The van der Waals surface area contributed by atoms with Gasteiger partial charge in [0.25, 0.3) is 0 Å². The molecule has 0 spiro atoms. The van der Waals surface area contributed by atoms with Crippen LogP contribution in [0.5, 0.6) is 5.75 Å². The van der Waals surface area contributed by atoms with Crippen molar-refractivity contribution >= 4 is 51.2 Å². The van der Waals surface area contributed by atoms with Crippen LogP contribution in [-0.4, -0.2) is 33.9 Å². The first-order valence-electron chi connectivity index (χ1n) is 8.06. The molecule has 150 valence electrons. The number of nitrogens with one attached hydrogen (secondary N) is 2. The van der Waals surface area contributed by atoms with Crippen molar-refractivity contribution in [3.05, 3.63) is 58.4 Å². The molecule has 3 aromatic rings. The number of methoxy groups -OCH3 is 1. The highest BCUT2D eigenvalue weighted by atomic mass is 32.2. The Balaban J connectivity index is 1.53. The van der Waals surface area contributed by atoms with Gasteiger partial charge in [-0.25, -0.2) is 0 Å². The Bertz CT molecular complexity index is 1030. The van der Waals surface area contributed by atoms with E-state index in [1.54, 1.807) is 7.11 Å². The van der Waals surface area contributed by atoms with Crippen molar-refractivity contribution in [2.45, 2.75) is 4.34 Å². The number of halogens is 1. The fourth-order valence-electron chi connectivity index (χ4n) is 2.17. The molecule has 0 saturated carbocycles. The minimum atomic E-state index is -0.965. The average molecular weight is 435 g/mol. The first-order chi connectivity index (χ1) is 13.9. The average Bonchev–Trinajstić information content (AvgIpc) is 3.15. The molecule has 12 heteroatoms. The van der Waals surface area contributed by atoms with Crippen molar-refractivity contribution in [3.63, 3.8) is 0 Å². The summed E-state index contributed by atoms with van der Waals surface area (Å²) in [6, 6.07) is 10.5. The van der Waals surface area contributed by atoms with Crippen LogP contribution in [0.2, 0.25) is 0 Å². The van der Waals surface area contributed by atoms with Crippen molar-refractivity contribution in [3.8, 4) is 5.75 Å². The van der Waals surface area contributed by atoms with Gasteiger partial charge >= 0.3 is 5.69 Å². The van der Waals surface area contributed by atoms with E-state index in [4.69, 9.17) is 4.74 Å². The van der Waals surface area contributed by atoms with Gasteiger partial charge in [-0.05, 0) is 36.4 Å². The quantitative estimate of drug-likeness (QED) is 0.309. The lowest BCUT2D eigenvalue weighted by Gasteiger charge is -2.04. The summed E-state index contributed by atoms with van der Waals surface area (Å²) in [5.74, 6) is -0.618. The molecule has 9 nitrogen and oxygen atoms in total. The van der Waals surface area contributed by atoms with Crippen molar-refractivity contribution in [2.75, 3.05) is 23.5 Å². The lowest BCUT2D eigenvalue weighted by Crippen LogP contribution is -2.14. The van der Waals surface area contributed by atoms with E-state index < -0.39 is 22.3 Å². The number of anilines is 3. The maximum atomic E-state index is 13.3. The molecule has 3 rings (SSSR count). The van der Waals surface area contributed by atoms with Gasteiger partial charge in [-0.2, -0.15) is 4.39 Å². The summed E-state index contributed by atoms with van der Waals surface area (Å²) in [5, 5.41) is 24.9. The molecule has 1 amide bonds. The first kappa shape index (κ1) is 20.5. The number of carbonyl (C=O) groups is 1. The van der Waals surface area contributed by atoms with Crippen LogP contribution in [0.4, 0.5) is 26.6 Å². The molecule has 29 heavy (non-hydrogen) atoms. The maximum Gasteiger partial charge on any atom is 0.306 e. The summed E-state index contributed by atoms with van der Waals surface area (Å²) in [4.78, 5) is 22.0. The number of nitro benzene ring substituents is 1. The van der Waals surface area contributed by atoms with E-state index in [1.807, 2.05) is 24.3 Å². The molecule has 2 N–H and O–H groups in total. The number of hydrogen-bond acceptors (Lipinski definition) is 9. The van der Waals surface area contributed by atoms with Crippen LogP contribution >= 0.6 is 23.1 Å². The van der Waals surface area contributed by atoms with Gasteiger partial charge in [0, 0.05) is 17.4 Å². The number of amides is 1. The zero-order valence-electron chi connectivity index (χ0n) is 14.9. The number of carbonyl (C=O) groups excluding carboxylic acids is 1.